The molecule has 0 amide bonds. The maximum atomic E-state index is 2.12. The highest BCUT2D eigenvalue weighted by molar-refractivity contribution is 3.87. The van der Waals surface area contributed by atoms with Crippen LogP contribution in [0.2, 0.25) is 0 Å². The highest BCUT2D eigenvalue weighted by atomic mass is 15.2. The van der Waals surface area contributed by atoms with Crippen molar-refractivity contribution in [3.63, 3.8) is 0 Å². The molecule has 2 heteroatoms. The number of nitrogens with zero attached hydrogens (tertiary/aromatic N) is 2. The van der Waals surface area contributed by atoms with E-state index in [1.165, 1.54) is 0 Å². The van der Waals surface area contributed by atoms with E-state index in [1.54, 1.807) is 0 Å². The fraction of sp³-hybridized carbons (Fsp3) is 1.00. The zero-order valence-electron chi connectivity index (χ0n) is 8.89. The second-order valence-corrected chi connectivity index (χ2v) is 5.37. The van der Waals surface area contributed by atoms with Crippen LogP contribution in [0.25, 0.3) is 0 Å². The molecule has 2 nitrogen and oxygen atoms in total. The van der Waals surface area contributed by atoms with Gasteiger partial charge < -0.3 is 8.97 Å². The van der Waals surface area contributed by atoms with Crippen molar-refractivity contribution >= 4 is 0 Å². The summed E-state index contributed by atoms with van der Waals surface area (Å²) in [5, 5.41) is 0. The number of hydrogen-bond acceptors (Lipinski definition) is 0. The third kappa shape index (κ3) is 59300. The first-order valence-corrected chi connectivity index (χ1v) is 3.58. The first kappa shape index (κ1) is 12.6. The number of quaternary nitrogens is 2. The van der Waals surface area contributed by atoms with Gasteiger partial charge in [-0.1, -0.05) is 0 Å². The lowest BCUT2D eigenvalue weighted by Gasteiger charge is -2.14. The van der Waals surface area contributed by atoms with Gasteiger partial charge in [-0.15, -0.1) is 0 Å². The second kappa shape index (κ2) is 3.94. The van der Waals surface area contributed by atoms with Crippen molar-refractivity contribution in [2.45, 2.75) is 0 Å². The minimum Gasteiger partial charge on any atom is -0.333 e. The fourth-order valence-corrected chi connectivity index (χ4v) is 0. The highest BCUT2D eigenvalue weighted by Gasteiger charge is 1.88. The molecule has 0 saturated heterocycles. The Balaban J connectivity index is 0. The summed E-state index contributed by atoms with van der Waals surface area (Å²) in [6.45, 7) is 0. The smallest absolute Gasteiger partial charge is 0.0675 e. The van der Waals surface area contributed by atoms with E-state index in [0.29, 0.717) is 0 Å². The van der Waals surface area contributed by atoms with Crippen LogP contribution in [0.4, 0.5) is 0 Å². The summed E-state index contributed by atoms with van der Waals surface area (Å²) in [5.74, 6) is 0. The van der Waals surface area contributed by atoms with Crippen LogP contribution >= 0.6 is 0 Å². The lowest BCUT2D eigenvalue weighted by atomic mass is 10.8. The van der Waals surface area contributed by atoms with Crippen molar-refractivity contribution in [3.8, 4) is 0 Å². The van der Waals surface area contributed by atoms with Crippen molar-refractivity contribution < 1.29 is 8.97 Å². The molecular formula is C8H24N2+2. The zero-order valence-corrected chi connectivity index (χ0v) is 8.89. The summed E-state index contributed by atoms with van der Waals surface area (Å²) in [6.07, 6.45) is 0. The Kier molecular flexibility index (Phi) is 4.96. The maximum absolute atomic E-state index is 2.12. The van der Waals surface area contributed by atoms with Crippen LogP contribution in [-0.2, 0) is 0 Å². The molecule has 0 saturated carbocycles. The molecule has 0 fully saturated rings. The van der Waals surface area contributed by atoms with Crippen LogP contribution in [0.15, 0.2) is 0 Å². The molecular weight excluding hydrogens is 124 g/mol. The molecule has 0 aliphatic heterocycles. The Morgan fingerprint density at radius 2 is 0.400 bits per heavy atom. The fourth-order valence-electron chi connectivity index (χ4n) is 0. The zero-order chi connectivity index (χ0) is 9.00. The van der Waals surface area contributed by atoms with Gasteiger partial charge >= 0.3 is 0 Å². The summed E-state index contributed by atoms with van der Waals surface area (Å²) in [6, 6.07) is 0. The van der Waals surface area contributed by atoms with Crippen LogP contribution in [0.5, 0.6) is 0 Å². The van der Waals surface area contributed by atoms with Crippen LogP contribution in [0.3, 0.4) is 0 Å². The van der Waals surface area contributed by atoms with Gasteiger partial charge in [-0.2, -0.15) is 0 Å². The van der Waals surface area contributed by atoms with Crippen LogP contribution in [-0.4, -0.2) is 65.3 Å². The Morgan fingerprint density at radius 1 is 0.400 bits per heavy atom. The average Bonchev–Trinajstić information content (AvgIpc) is 1.12. The van der Waals surface area contributed by atoms with Crippen molar-refractivity contribution in [2.24, 2.45) is 0 Å². The molecule has 0 heterocycles. The standard InChI is InChI=1S/2C4H12N/c2*1-5(2,3)4/h2*1-4H3/q2*+1. The van der Waals surface area contributed by atoms with Crippen molar-refractivity contribution in [1.29, 1.82) is 0 Å². The monoisotopic (exact) mass is 148 g/mol. The summed E-state index contributed by atoms with van der Waals surface area (Å²) in [7, 11) is 17.0. The van der Waals surface area contributed by atoms with Gasteiger partial charge in [0, 0.05) is 0 Å². The Hall–Kier alpha value is -0.0800. The Bertz CT molecular complexity index is 50.2. The quantitative estimate of drug-likeness (QED) is 0.442. The molecule has 10 heavy (non-hydrogen) atoms. The number of hydrogen-bond donors (Lipinski definition) is 0. The molecule has 0 aliphatic rings. The first-order valence-electron chi connectivity index (χ1n) is 3.58. The molecule has 0 unspecified atom stereocenters. The molecule has 0 aromatic carbocycles. The predicted molar refractivity (Wildman–Crippen MR) is 47.9 cm³/mol. The summed E-state index contributed by atoms with van der Waals surface area (Å²) in [5.41, 5.74) is 0. The van der Waals surface area contributed by atoms with E-state index in [-0.39, 0.29) is 0 Å². The lowest BCUT2D eigenvalue weighted by Crippen LogP contribution is -2.27. The molecule has 0 bridgehead atoms. The number of rotatable bonds is 0. The molecule has 0 aliphatic carbocycles. The van der Waals surface area contributed by atoms with Crippen molar-refractivity contribution in [3.05, 3.63) is 0 Å². The van der Waals surface area contributed by atoms with Crippen LogP contribution in [0.1, 0.15) is 0 Å². The predicted octanol–water partition coefficient (Wildman–Crippen LogP) is 0.645. The van der Waals surface area contributed by atoms with E-state index in [0.717, 1.165) is 8.97 Å². The molecule has 0 radical (unpaired) electrons. The SMILES string of the molecule is C[N+](C)(C)C.C[N+](C)(C)C. The van der Waals surface area contributed by atoms with Crippen LogP contribution < -0.4 is 0 Å². The van der Waals surface area contributed by atoms with Crippen molar-refractivity contribution in [2.75, 3.05) is 56.4 Å². The third-order valence-electron chi connectivity index (χ3n) is 0. The van der Waals surface area contributed by atoms with E-state index in [9.17, 15) is 0 Å². The van der Waals surface area contributed by atoms with Gasteiger partial charge in [0.2, 0.25) is 0 Å². The Labute approximate surface area is 66.2 Å². The summed E-state index contributed by atoms with van der Waals surface area (Å²) < 4.78 is 2.00. The summed E-state index contributed by atoms with van der Waals surface area (Å²) >= 11 is 0. The second-order valence-electron chi connectivity index (χ2n) is 5.37. The van der Waals surface area contributed by atoms with Gasteiger partial charge in [-0.05, 0) is 0 Å². The average molecular weight is 148 g/mol. The van der Waals surface area contributed by atoms with E-state index in [2.05, 4.69) is 56.4 Å². The molecule has 64 valence electrons. The molecule has 0 aromatic heterocycles. The summed E-state index contributed by atoms with van der Waals surface area (Å²) in [4.78, 5) is 0. The van der Waals surface area contributed by atoms with Gasteiger partial charge in [-0.3, -0.25) is 0 Å². The molecule has 0 aromatic rings. The molecule has 0 spiro atoms. The molecule has 0 rings (SSSR count). The largest absolute Gasteiger partial charge is 0.333 e. The van der Waals surface area contributed by atoms with Crippen LogP contribution in [0, 0.1) is 0 Å². The normalized spacial score (nSPS) is 12.0. The van der Waals surface area contributed by atoms with Gasteiger partial charge in [0.05, 0.1) is 56.4 Å². The van der Waals surface area contributed by atoms with Gasteiger partial charge in [0.25, 0.3) is 0 Å². The Morgan fingerprint density at radius 3 is 0.400 bits per heavy atom. The van der Waals surface area contributed by atoms with E-state index < -0.39 is 0 Å². The minimum absolute atomic E-state index is 1.00. The van der Waals surface area contributed by atoms with Crippen molar-refractivity contribution in [1.82, 2.24) is 0 Å². The highest BCUT2D eigenvalue weighted by Crippen LogP contribution is 1.74. The van der Waals surface area contributed by atoms with Gasteiger partial charge in [-0.25, -0.2) is 0 Å². The topological polar surface area (TPSA) is 0 Å². The minimum atomic E-state index is 1.00. The van der Waals surface area contributed by atoms with Gasteiger partial charge in [0.15, 0.2) is 0 Å². The first-order chi connectivity index (χ1) is 4.00. The van der Waals surface area contributed by atoms with E-state index >= 15 is 0 Å². The van der Waals surface area contributed by atoms with Gasteiger partial charge in [0.1, 0.15) is 0 Å². The molecule has 0 N–H and O–H groups in total. The maximum Gasteiger partial charge on any atom is 0.0675 e. The lowest BCUT2D eigenvalue weighted by molar-refractivity contribution is -0.849. The third-order valence-corrected chi connectivity index (χ3v) is 0. The van der Waals surface area contributed by atoms with E-state index in [4.69, 9.17) is 0 Å². The van der Waals surface area contributed by atoms with E-state index in [1.807, 2.05) is 0 Å². The molecule has 0 atom stereocenters.